The van der Waals surface area contributed by atoms with Gasteiger partial charge in [-0.1, -0.05) is 284 Å². The Bertz CT molecular complexity index is 1630. The third-order valence-electron chi connectivity index (χ3n) is 19.1. The Labute approximate surface area is 407 Å². The Morgan fingerprint density at radius 2 is 0.708 bits per heavy atom. The Morgan fingerprint density at radius 1 is 0.354 bits per heavy atom. The molecule has 0 radical (unpaired) electrons. The van der Waals surface area contributed by atoms with Crippen molar-refractivity contribution in [3.05, 3.63) is 113 Å². The largest absolute Gasteiger partial charge is 0.0871 e. The maximum absolute atomic E-state index is 2.66. The summed E-state index contributed by atoms with van der Waals surface area (Å²) in [6.07, 6.45) is 33.2. The van der Waals surface area contributed by atoms with Gasteiger partial charge in [0, 0.05) is 0 Å². The van der Waals surface area contributed by atoms with Crippen LogP contribution >= 0.6 is 0 Å². The van der Waals surface area contributed by atoms with E-state index in [1.54, 1.807) is 5.56 Å². The summed E-state index contributed by atoms with van der Waals surface area (Å²) < 4.78 is 0. The number of rotatable bonds is 31. The lowest BCUT2D eigenvalue weighted by atomic mass is 9.48. The van der Waals surface area contributed by atoms with Crippen molar-refractivity contribution in [2.24, 2.45) is 32.5 Å². The summed E-state index contributed by atoms with van der Waals surface area (Å²) in [4.78, 5) is 0. The van der Waals surface area contributed by atoms with Crippen LogP contribution in [0.15, 0.2) is 91.0 Å². The predicted octanol–water partition coefficient (Wildman–Crippen LogP) is 21.6. The lowest BCUT2D eigenvalue weighted by Gasteiger charge is -2.57. The van der Waals surface area contributed by atoms with Gasteiger partial charge in [-0.15, -0.1) is 0 Å². The highest BCUT2D eigenvalue weighted by molar-refractivity contribution is 5.49. The SMILES string of the molecule is C/C=C/c1ccc(Cc2ccccc2)cc1.CCCC(CC)(CC)CC(CC)(CC(CC)(CC)CC)CC(CC(CC)(CC)CC)(CC(CC)(CC)CC)CC(C)(CC)c1ccccc1. The molecule has 0 saturated heterocycles. The molecule has 0 nitrogen and oxygen atoms in total. The van der Waals surface area contributed by atoms with E-state index < -0.39 is 0 Å². The van der Waals surface area contributed by atoms with Crippen LogP contribution in [0.1, 0.15) is 268 Å². The van der Waals surface area contributed by atoms with E-state index in [-0.39, 0.29) is 10.8 Å². The van der Waals surface area contributed by atoms with E-state index in [1.807, 2.05) is 6.92 Å². The standard InChI is InChI=1S/C49H92.C16H16/c1-16-35-47(27-12,28-13)40-48(29-14,37-44(18-3,19-4)20-5)41-49(38-45(21-6,22-7)23-8,39-46(24-9,25-10)26-11)36-43(15,17-2)42-33-31-30-32-34-42;1-2-6-14-9-11-16(12-10-14)13-15-7-4-3-5-8-15/h30-34H,16-29,35-41H2,1-15H3;2-12H,13H2,1H3/b;6-2+. The molecule has 2 unspecified atom stereocenters. The monoisotopic (exact) mass is 889 g/mol. The van der Waals surface area contributed by atoms with Crippen LogP contribution in [0.5, 0.6) is 0 Å². The fourth-order valence-electron chi connectivity index (χ4n) is 13.6. The molecule has 0 saturated carbocycles. The van der Waals surface area contributed by atoms with Crippen LogP contribution in [0.2, 0.25) is 0 Å². The van der Waals surface area contributed by atoms with Gasteiger partial charge in [-0.05, 0) is 125 Å². The molecule has 0 heterocycles. The molecular weight excluding hydrogens is 781 g/mol. The topological polar surface area (TPSA) is 0 Å². The van der Waals surface area contributed by atoms with Crippen LogP contribution in [0.25, 0.3) is 6.08 Å². The molecular formula is C65H108. The summed E-state index contributed by atoms with van der Waals surface area (Å²) >= 11 is 0. The first-order valence-electron chi connectivity index (χ1n) is 27.9. The van der Waals surface area contributed by atoms with Crippen LogP contribution in [0.3, 0.4) is 0 Å². The van der Waals surface area contributed by atoms with Crippen molar-refractivity contribution in [2.75, 3.05) is 0 Å². The van der Waals surface area contributed by atoms with Crippen LogP contribution in [0.4, 0.5) is 0 Å². The lowest BCUT2D eigenvalue weighted by Crippen LogP contribution is -2.46. The van der Waals surface area contributed by atoms with Crippen LogP contribution in [0, 0.1) is 32.5 Å². The van der Waals surface area contributed by atoms with Crippen molar-refractivity contribution in [3.63, 3.8) is 0 Å². The van der Waals surface area contributed by atoms with Crippen molar-refractivity contribution in [3.8, 4) is 0 Å². The first kappa shape index (κ1) is 58.5. The van der Waals surface area contributed by atoms with E-state index in [2.05, 4.69) is 201 Å². The van der Waals surface area contributed by atoms with Gasteiger partial charge in [-0.2, -0.15) is 0 Å². The van der Waals surface area contributed by atoms with Gasteiger partial charge < -0.3 is 0 Å². The van der Waals surface area contributed by atoms with Gasteiger partial charge in [0.15, 0.2) is 0 Å². The molecule has 0 aliphatic carbocycles. The maximum Gasteiger partial charge on any atom is -0.00258 e. The van der Waals surface area contributed by atoms with Crippen LogP contribution in [-0.4, -0.2) is 0 Å². The van der Waals surface area contributed by atoms with E-state index in [9.17, 15) is 0 Å². The maximum atomic E-state index is 2.66. The molecule has 0 amide bonds. The van der Waals surface area contributed by atoms with Gasteiger partial charge in [0.1, 0.15) is 0 Å². The zero-order valence-corrected chi connectivity index (χ0v) is 46.3. The van der Waals surface area contributed by atoms with E-state index in [4.69, 9.17) is 0 Å². The molecule has 0 N–H and O–H groups in total. The molecule has 0 heteroatoms. The van der Waals surface area contributed by atoms with E-state index >= 15 is 0 Å². The highest BCUT2D eigenvalue weighted by Gasteiger charge is 2.53. The van der Waals surface area contributed by atoms with Crippen molar-refractivity contribution in [2.45, 2.75) is 257 Å². The smallest absolute Gasteiger partial charge is 0.00258 e. The Kier molecular flexibility index (Phi) is 25.2. The van der Waals surface area contributed by atoms with Gasteiger partial charge in [0.2, 0.25) is 0 Å². The number of hydrogen-bond donors (Lipinski definition) is 0. The van der Waals surface area contributed by atoms with Crippen molar-refractivity contribution >= 4 is 6.08 Å². The van der Waals surface area contributed by atoms with Crippen molar-refractivity contribution in [1.82, 2.24) is 0 Å². The molecule has 3 aromatic rings. The van der Waals surface area contributed by atoms with E-state index in [0.29, 0.717) is 27.1 Å². The summed E-state index contributed by atoms with van der Waals surface area (Å²) in [6.45, 7) is 40.1. The minimum Gasteiger partial charge on any atom is -0.0871 e. The number of hydrogen-bond acceptors (Lipinski definition) is 0. The molecule has 0 fully saturated rings. The first-order valence-corrected chi connectivity index (χ1v) is 27.9. The molecule has 3 aromatic carbocycles. The molecule has 0 bridgehead atoms. The second-order valence-electron chi connectivity index (χ2n) is 22.2. The molecule has 0 spiro atoms. The summed E-state index contributed by atoms with van der Waals surface area (Å²) in [5, 5.41) is 0. The molecule has 368 valence electrons. The second-order valence-corrected chi connectivity index (χ2v) is 22.2. The number of benzene rings is 3. The average molecular weight is 890 g/mol. The Balaban J connectivity index is 0.000000750. The van der Waals surface area contributed by atoms with Gasteiger partial charge in [-0.25, -0.2) is 0 Å². The molecule has 0 aromatic heterocycles. The summed E-state index contributed by atoms with van der Waals surface area (Å²) in [6, 6.07) is 31.1. The average Bonchev–Trinajstić information content (AvgIpc) is 3.35. The van der Waals surface area contributed by atoms with Gasteiger partial charge >= 0.3 is 0 Å². The predicted molar refractivity (Wildman–Crippen MR) is 295 cm³/mol. The fourth-order valence-corrected chi connectivity index (χ4v) is 13.6. The van der Waals surface area contributed by atoms with Gasteiger partial charge in [0.25, 0.3) is 0 Å². The Hall–Kier alpha value is -2.60. The highest BCUT2D eigenvalue weighted by atomic mass is 14.6. The minimum absolute atomic E-state index is 0.163. The molecule has 3 rings (SSSR count). The fraction of sp³-hybridized carbons (Fsp3) is 0.692. The summed E-state index contributed by atoms with van der Waals surface area (Å²) in [5.41, 5.74) is 8.02. The Morgan fingerprint density at radius 3 is 1.08 bits per heavy atom. The van der Waals surface area contributed by atoms with Gasteiger partial charge in [0.05, 0.1) is 0 Å². The van der Waals surface area contributed by atoms with E-state index in [0.717, 1.165) is 6.42 Å². The summed E-state index contributed by atoms with van der Waals surface area (Å²) in [7, 11) is 0. The number of allylic oxidation sites excluding steroid dienone is 1. The first-order chi connectivity index (χ1) is 31.1. The minimum atomic E-state index is 0.163. The van der Waals surface area contributed by atoms with Crippen molar-refractivity contribution in [1.29, 1.82) is 0 Å². The third kappa shape index (κ3) is 16.3. The molecule has 0 aliphatic heterocycles. The second kappa shape index (κ2) is 28.0. The van der Waals surface area contributed by atoms with Gasteiger partial charge in [-0.3, -0.25) is 0 Å². The third-order valence-corrected chi connectivity index (χ3v) is 19.1. The van der Waals surface area contributed by atoms with Crippen LogP contribution in [-0.2, 0) is 11.8 Å². The lowest BCUT2D eigenvalue weighted by molar-refractivity contribution is -0.0548. The van der Waals surface area contributed by atoms with Crippen molar-refractivity contribution < 1.29 is 0 Å². The molecule has 0 aliphatic rings. The normalized spacial score (nSPS) is 14.8. The quantitative estimate of drug-likeness (QED) is 0.0604. The zero-order valence-electron chi connectivity index (χ0n) is 46.3. The van der Waals surface area contributed by atoms with E-state index in [1.165, 1.54) is 152 Å². The van der Waals surface area contributed by atoms with Crippen LogP contribution < -0.4 is 0 Å². The molecule has 2 atom stereocenters. The molecule has 65 heavy (non-hydrogen) atoms. The summed E-state index contributed by atoms with van der Waals surface area (Å²) in [5.74, 6) is 0. The highest BCUT2D eigenvalue weighted by Crippen LogP contribution is 2.64. The zero-order chi connectivity index (χ0) is 48.7.